The molecule has 0 heterocycles. The summed E-state index contributed by atoms with van der Waals surface area (Å²) >= 11 is 3.23. The maximum absolute atomic E-state index is 11.1. The zero-order chi connectivity index (χ0) is 12.3. The molecule has 15 heavy (non-hydrogen) atoms. The van der Waals surface area contributed by atoms with Gasteiger partial charge in [-0.05, 0) is 12.5 Å². The highest BCUT2D eigenvalue weighted by atomic mass is 79.9. The van der Waals surface area contributed by atoms with Crippen LogP contribution in [-0.2, 0) is 9.53 Å². The molecule has 0 aromatic heterocycles. The second kappa shape index (κ2) is 11.2. The minimum atomic E-state index is -0.404. The van der Waals surface area contributed by atoms with Crippen molar-refractivity contribution in [2.24, 2.45) is 0 Å². The second-order valence-corrected chi connectivity index (χ2v) is 3.18. The second-order valence-electron chi connectivity index (χ2n) is 2.27. The van der Waals surface area contributed by atoms with Crippen molar-refractivity contribution in [3.63, 3.8) is 0 Å². The Hall–Kier alpha value is -0.830. The van der Waals surface area contributed by atoms with E-state index >= 15 is 0 Å². The number of carbonyl (C=O) groups is 1. The van der Waals surface area contributed by atoms with Gasteiger partial charge in [-0.3, -0.25) is 4.79 Å². The highest BCUT2D eigenvalue weighted by Gasteiger charge is 2.17. The van der Waals surface area contributed by atoms with Gasteiger partial charge in [0.05, 0.1) is 7.11 Å². The molecule has 0 saturated carbocycles. The third-order valence-corrected chi connectivity index (χ3v) is 2.36. The Morgan fingerprint density at radius 3 is 2.33 bits per heavy atom. The van der Waals surface area contributed by atoms with E-state index in [1.165, 1.54) is 7.11 Å². The summed E-state index contributed by atoms with van der Waals surface area (Å²) in [4.78, 5) is 10.7. The van der Waals surface area contributed by atoms with Crippen LogP contribution in [0.2, 0.25) is 0 Å². The van der Waals surface area contributed by atoms with E-state index in [-0.39, 0.29) is 5.97 Å². The first-order chi connectivity index (χ1) is 7.17. The molecule has 2 nitrogen and oxygen atoms in total. The fraction of sp³-hybridized carbons (Fsp3) is 0.417. The average molecular weight is 275 g/mol. The van der Waals surface area contributed by atoms with E-state index in [1.54, 1.807) is 12.2 Å². The van der Waals surface area contributed by atoms with Crippen LogP contribution in [0.4, 0.5) is 0 Å². The molecule has 86 valence electrons. The molecule has 0 aliphatic carbocycles. The van der Waals surface area contributed by atoms with E-state index in [0.29, 0.717) is 0 Å². The van der Waals surface area contributed by atoms with Crippen molar-refractivity contribution in [1.82, 2.24) is 0 Å². The molecule has 1 atom stereocenters. The van der Waals surface area contributed by atoms with Crippen molar-refractivity contribution in [3.05, 3.63) is 36.5 Å². The van der Waals surface area contributed by atoms with Crippen LogP contribution in [-0.4, -0.2) is 17.9 Å². The largest absolute Gasteiger partial charge is 0.468 e. The van der Waals surface area contributed by atoms with Crippen molar-refractivity contribution < 1.29 is 9.53 Å². The van der Waals surface area contributed by atoms with E-state index in [9.17, 15) is 4.79 Å². The topological polar surface area (TPSA) is 26.3 Å². The van der Waals surface area contributed by atoms with Crippen LogP contribution in [0.3, 0.4) is 0 Å². The van der Waals surface area contributed by atoms with E-state index < -0.39 is 4.83 Å². The van der Waals surface area contributed by atoms with Gasteiger partial charge in [0.1, 0.15) is 4.83 Å². The first-order valence-electron chi connectivity index (χ1n) is 4.84. The van der Waals surface area contributed by atoms with Gasteiger partial charge < -0.3 is 4.74 Å². The summed E-state index contributed by atoms with van der Waals surface area (Å²) in [5, 5.41) is 0. The minimum Gasteiger partial charge on any atom is -0.468 e. The molecular formula is C12H19BrO2. The number of methoxy groups -OCH3 is 1. The Morgan fingerprint density at radius 2 is 2.00 bits per heavy atom. The predicted octanol–water partition coefficient (Wildman–Crippen LogP) is 3.64. The monoisotopic (exact) mass is 274 g/mol. The Balaban J connectivity index is 0. The van der Waals surface area contributed by atoms with Gasteiger partial charge in [0, 0.05) is 0 Å². The van der Waals surface area contributed by atoms with Crippen LogP contribution in [0.5, 0.6) is 0 Å². The van der Waals surface area contributed by atoms with Crippen LogP contribution in [0.1, 0.15) is 20.8 Å². The molecule has 0 fully saturated rings. The van der Waals surface area contributed by atoms with Gasteiger partial charge in [-0.1, -0.05) is 60.7 Å². The molecule has 1 unspecified atom stereocenters. The lowest BCUT2D eigenvalue weighted by molar-refractivity contribution is -0.139. The highest BCUT2D eigenvalue weighted by Crippen LogP contribution is 2.15. The molecule has 0 aliphatic rings. The van der Waals surface area contributed by atoms with Crippen LogP contribution in [0.15, 0.2) is 36.5 Å². The molecule has 0 N–H and O–H groups in total. The number of rotatable bonds is 4. The molecule has 3 heteroatoms. The van der Waals surface area contributed by atoms with Gasteiger partial charge >= 0.3 is 5.97 Å². The molecule has 0 saturated heterocycles. The van der Waals surface area contributed by atoms with Gasteiger partial charge in [-0.25, -0.2) is 0 Å². The lowest BCUT2D eigenvalue weighted by atomic mass is 10.1. The standard InChI is InChI=1S/C10H13BrO2.C2H6/c1-4-6-7-8(5-2)9(11)10(12)13-3;1-2/h4-7,9H,1H2,2-3H3;1-2H3/b7-6-,8-5+;. The number of ether oxygens (including phenoxy) is 1. The number of halogens is 1. The van der Waals surface area contributed by atoms with E-state index in [0.717, 1.165) is 5.57 Å². The Kier molecular flexibility index (Phi) is 12.4. The molecule has 0 aliphatic heterocycles. The third kappa shape index (κ3) is 7.14. The van der Waals surface area contributed by atoms with Gasteiger partial charge in [0.2, 0.25) is 0 Å². The summed E-state index contributed by atoms with van der Waals surface area (Å²) < 4.78 is 4.59. The quantitative estimate of drug-likeness (QED) is 0.445. The van der Waals surface area contributed by atoms with Gasteiger partial charge in [0.25, 0.3) is 0 Å². The normalized spacial score (nSPS) is 12.7. The highest BCUT2D eigenvalue weighted by molar-refractivity contribution is 9.10. The third-order valence-electron chi connectivity index (χ3n) is 1.46. The summed E-state index contributed by atoms with van der Waals surface area (Å²) in [6.45, 7) is 9.41. The van der Waals surface area contributed by atoms with Gasteiger partial charge in [0.15, 0.2) is 0 Å². The first kappa shape index (κ1) is 16.6. The van der Waals surface area contributed by atoms with Crippen LogP contribution >= 0.6 is 15.9 Å². The fourth-order valence-corrected chi connectivity index (χ4v) is 1.35. The molecular weight excluding hydrogens is 256 g/mol. The van der Waals surface area contributed by atoms with Gasteiger partial charge in [-0.15, -0.1) is 0 Å². The number of carbonyl (C=O) groups excluding carboxylic acids is 1. The zero-order valence-corrected chi connectivity index (χ0v) is 11.4. The number of hydrogen-bond donors (Lipinski definition) is 0. The molecule has 0 amide bonds. The van der Waals surface area contributed by atoms with Crippen molar-refractivity contribution in [2.45, 2.75) is 25.6 Å². The number of esters is 1. The first-order valence-corrected chi connectivity index (χ1v) is 5.76. The van der Waals surface area contributed by atoms with Crippen molar-refractivity contribution in [3.8, 4) is 0 Å². The number of hydrogen-bond acceptors (Lipinski definition) is 2. The molecule has 0 aromatic rings. The minimum absolute atomic E-state index is 0.304. The zero-order valence-electron chi connectivity index (χ0n) is 9.79. The maximum atomic E-state index is 11.1. The van der Waals surface area contributed by atoms with Crippen molar-refractivity contribution in [1.29, 1.82) is 0 Å². The molecule has 0 aromatic carbocycles. The molecule has 0 rings (SSSR count). The van der Waals surface area contributed by atoms with Gasteiger partial charge in [-0.2, -0.15) is 0 Å². The lowest BCUT2D eigenvalue weighted by Gasteiger charge is -2.07. The van der Waals surface area contributed by atoms with E-state index in [4.69, 9.17) is 0 Å². The van der Waals surface area contributed by atoms with Crippen molar-refractivity contribution in [2.75, 3.05) is 7.11 Å². The maximum Gasteiger partial charge on any atom is 0.323 e. The average Bonchev–Trinajstić information content (AvgIpc) is 2.31. The van der Waals surface area contributed by atoms with Crippen LogP contribution < -0.4 is 0 Å². The summed E-state index contributed by atoms with van der Waals surface area (Å²) in [7, 11) is 1.36. The molecule has 0 bridgehead atoms. The SMILES string of the molecule is C=C/C=C\C(=C/C)C(Br)C(=O)OC.CC. The Morgan fingerprint density at radius 1 is 1.47 bits per heavy atom. The Labute approximate surface area is 101 Å². The summed E-state index contributed by atoms with van der Waals surface area (Å²) in [6.07, 6.45) is 7.08. The summed E-state index contributed by atoms with van der Waals surface area (Å²) in [5.74, 6) is -0.304. The number of alkyl halides is 1. The predicted molar refractivity (Wildman–Crippen MR) is 69.2 cm³/mol. The molecule has 0 spiro atoms. The van der Waals surface area contributed by atoms with Crippen LogP contribution in [0.25, 0.3) is 0 Å². The van der Waals surface area contributed by atoms with Crippen LogP contribution in [0, 0.1) is 0 Å². The molecule has 0 radical (unpaired) electrons. The smallest absolute Gasteiger partial charge is 0.323 e. The fourth-order valence-electron chi connectivity index (χ4n) is 0.746. The van der Waals surface area contributed by atoms with Crippen molar-refractivity contribution >= 4 is 21.9 Å². The van der Waals surface area contributed by atoms with E-state index in [2.05, 4.69) is 27.2 Å². The summed E-state index contributed by atoms with van der Waals surface area (Å²) in [5.41, 5.74) is 0.853. The van der Waals surface area contributed by atoms with E-state index in [1.807, 2.05) is 32.9 Å². The summed E-state index contributed by atoms with van der Waals surface area (Å²) in [6, 6.07) is 0. The Bertz CT molecular complexity index is 242. The number of allylic oxidation sites excluding steroid dienone is 4. The lowest BCUT2D eigenvalue weighted by Crippen LogP contribution is -2.16.